The van der Waals surface area contributed by atoms with Crippen molar-refractivity contribution in [3.05, 3.63) is 57.7 Å². The van der Waals surface area contributed by atoms with Crippen LogP contribution in [-0.4, -0.2) is 9.97 Å². The Labute approximate surface area is 129 Å². The standard InChI is InChI=1S/C15H8Cl2F2N2/c1-7-2-3-11(16)12-13(7)20-15(21-14(12)17)8-4-9(18)6-10(19)5-8/h2-6H,1H3. The molecule has 0 amide bonds. The Balaban J connectivity index is 2.32. The fourth-order valence-electron chi connectivity index (χ4n) is 2.10. The predicted octanol–water partition coefficient (Wildman–Crippen LogP) is 5.19. The summed E-state index contributed by atoms with van der Waals surface area (Å²) >= 11 is 12.2. The van der Waals surface area contributed by atoms with Crippen molar-refractivity contribution >= 4 is 34.1 Å². The van der Waals surface area contributed by atoms with Gasteiger partial charge < -0.3 is 0 Å². The van der Waals surface area contributed by atoms with Crippen LogP contribution in [0.25, 0.3) is 22.3 Å². The Kier molecular flexibility index (Phi) is 3.51. The maximum absolute atomic E-state index is 13.3. The van der Waals surface area contributed by atoms with Crippen LogP contribution in [0.1, 0.15) is 5.56 Å². The van der Waals surface area contributed by atoms with Gasteiger partial charge in [-0.3, -0.25) is 0 Å². The van der Waals surface area contributed by atoms with Gasteiger partial charge in [-0.25, -0.2) is 18.7 Å². The van der Waals surface area contributed by atoms with E-state index in [1.54, 1.807) is 12.1 Å². The summed E-state index contributed by atoms with van der Waals surface area (Å²) in [6.07, 6.45) is 0. The van der Waals surface area contributed by atoms with E-state index in [0.29, 0.717) is 15.9 Å². The van der Waals surface area contributed by atoms with E-state index in [0.717, 1.165) is 23.8 Å². The Bertz CT molecular complexity index is 846. The fraction of sp³-hybridized carbons (Fsp3) is 0.0667. The van der Waals surface area contributed by atoms with Crippen molar-refractivity contribution in [2.75, 3.05) is 0 Å². The predicted molar refractivity (Wildman–Crippen MR) is 79.6 cm³/mol. The molecule has 21 heavy (non-hydrogen) atoms. The first-order chi connectivity index (χ1) is 9.95. The van der Waals surface area contributed by atoms with E-state index in [9.17, 15) is 8.78 Å². The molecule has 1 aromatic heterocycles. The van der Waals surface area contributed by atoms with E-state index >= 15 is 0 Å². The van der Waals surface area contributed by atoms with Crippen molar-refractivity contribution in [3.8, 4) is 11.4 Å². The number of aromatic nitrogens is 2. The molecule has 6 heteroatoms. The summed E-state index contributed by atoms with van der Waals surface area (Å²) in [4.78, 5) is 8.43. The Morgan fingerprint density at radius 3 is 2.29 bits per heavy atom. The third kappa shape index (κ3) is 2.57. The monoisotopic (exact) mass is 324 g/mol. The third-order valence-electron chi connectivity index (χ3n) is 3.08. The average Bonchev–Trinajstić information content (AvgIpc) is 2.41. The summed E-state index contributed by atoms with van der Waals surface area (Å²) < 4.78 is 26.6. The number of rotatable bonds is 1. The zero-order chi connectivity index (χ0) is 15.1. The Morgan fingerprint density at radius 1 is 0.952 bits per heavy atom. The molecule has 3 aromatic rings. The van der Waals surface area contributed by atoms with Crippen molar-refractivity contribution in [3.63, 3.8) is 0 Å². The number of hydrogen-bond donors (Lipinski definition) is 0. The van der Waals surface area contributed by atoms with E-state index in [1.165, 1.54) is 0 Å². The number of fused-ring (bicyclic) bond motifs is 1. The molecule has 3 rings (SSSR count). The largest absolute Gasteiger partial charge is 0.228 e. The lowest BCUT2D eigenvalue weighted by Crippen LogP contribution is -1.95. The van der Waals surface area contributed by atoms with Gasteiger partial charge in [0.1, 0.15) is 16.8 Å². The van der Waals surface area contributed by atoms with E-state index < -0.39 is 11.6 Å². The highest BCUT2D eigenvalue weighted by molar-refractivity contribution is 6.41. The molecule has 0 radical (unpaired) electrons. The van der Waals surface area contributed by atoms with Crippen molar-refractivity contribution in [1.29, 1.82) is 0 Å². The highest BCUT2D eigenvalue weighted by atomic mass is 35.5. The van der Waals surface area contributed by atoms with Gasteiger partial charge in [-0.15, -0.1) is 0 Å². The maximum atomic E-state index is 13.3. The quantitative estimate of drug-likeness (QED) is 0.575. The Hall–Kier alpha value is -1.78. The lowest BCUT2D eigenvalue weighted by Gasteiger charge is -2.08. The lowest BCUT2D eigenvalue weighted by atomic mass is 10.1. The van der Waals surface area contributed by atoms with Crippen LogP contribution in [0.4, 0.5) is 8.78 Å². The molecule has 2 nitrogen and oxygen atoms in total. The van der Waals surface area contributed by atoms with Crippen molar-refractivity contribution in [1.82, 2.24) is 9.97 Å². The molecule has 0 saturated heterocycles. The van der Waals surface area contributed by atoms with Crippen LogP contribution >= 0.6 is 23.2 Å². The van der Waals surface area contributed by atoms with Gasteiger partial charge in [-0.2, -0.15) is 0 Å². The smallest absolute Gasteiger partial charge is 0.161 e. The number of aryl methyl sites for hydroxylation is 1. The van der Waals surface area contributed by atoms with E-state index in [2.05, 4.69) is 9.97 Å². The van der Waals surface area contributed by atoms with E-state index in [1.807, 2.05) is 6.92 Å². The minimum Gasteiger partial charge on any atom is -0.228 e. The first-order valence-corrected chi connectivity index (χ1v) is 6.80. The van der Waals surface area contributed by atoms with Crippen LogP contribution < -0.4 is 0 Å². The van der Waals surface area contributed by atoms with Crippen LogP contribution in [0.3, 0.4) is 0 Å². The van der Waals surface area contributed by atoms with Crippen LogP contribution in [-0.2, 0) is 0 Å². The minimum absolute atomic E-state index is 0.147. The average molecular weight is 325 g/mol. The van der Waals surface area contributed by atoms with E-state index in [4.69, 9.17) is 23.2 Å². The molecule has 0 N–H and O–H groups in total. The number of benzene rings is 2. The summed E-state index contributed by atoms with van der Waals surface area (Å²) in [7, 11) is 0. The first-order valence-electron chi connectivity index (χ1n) is 6.04. The van der Waals surface area contributed by atoms with Crippen molar-refractivity contribution in [2.45, 2.75) is 6.92 Å². The molecule has 0 fully saturated rings. The van der Waals surface area contributed by atoms with E-state index in [-0.39, 0.29) is 16.5 Å². The van der Waals surface area contributed by atoms with Gasteiger partial charge in [0.2, 0.25) is 0 Å². The molecule has 0 aliphatic heterocycles. The molecule has 0 aliphatic carbocycles. The number of halogens is 4. The molecule has 0 atom stereocenters. The fourth-order valence-corrected chi connectivity index (χ4v) is 2.66. The summed E-state index contributed by atoms with van der Waals surface area (Å²) in [5.74, 6) is -1.25. The van der Waals surface area contributed by atoms with Crippen LogP contribution in [0.15, 0.2) is 30.3 Å². The van der Waals surface area contributed by atoms with Gasteiger partial charge >= 0.3 is 0 Å². The first kappa shape index (κ1) is 14.2. The minimum atomic E-state index is -0.701. The highest BCUT2D eigenvalue weighted by Crippen LogP contribution is 2.32. The molecule has 0 saturated carbocycles. The molecular formula is C15H8Cl2F2N2. The molecule has 0 unspecified atom stereocenters. The number of hydrogen-bond acceptors (Lipinski definition) is 2. The topological polar surface area (TPSA) is 25.8 Å². The van der Waals surface area contributed by atoms with Crippen LogP contribution in [0, 0.1) is 18.6 Å². The summed E-state index contributed by atoms with van der Waals surface area (Å²) in [6, 6.07) is 6.59. The molecule has 106 valence electrons. The van der Waals surface area contributed by atoms with Crippen molar-refractivity contribution < 1.29 is 8.78 Å². The second kappa shape index (κ2) is 5.20. The molecular weight excluding hydrogens is 317 g/mol. The molecule has 0 aliphatic rings. The van der Waals surface area contributed by atoms with Gasteiger partial charge in [0.15, 0.2) is 5.82 Å². The van der Waals surface area contributed by atoms with Crippen LogP contribution in [0.2, 0.25) is 10.2 Å². The van der Waals surface area contributed by atoms with Gasteiger partial charge in [0.05, 0.1) is 15.9 Å². The third-order valence-corrected chi connectivity index (χ3v) is 3.67. The normalized spacial score (nSPS) is 11.1. The zero-order valence-electron chi connectivity index (χ0n) is 10.8. The second-order valence-corrected chi connectivity index (χ2v) is 5.35. The molecule has 0 spiro atoms. The van der Waals surface area contributed by atoms with Crippen LogP contribution in [0.5, 0.6) is 0 Å². The Morgan fingerprint density at radius 2 is 1.62 bits per heavy atom. The second-order valence-electron chi connectivity index (χ2n) is 4.58. The molecule has 0 bridgehead atoms. The van der Waals surface area contributed by atoms with Crippen molar-refractivity contribution in [2.24, 2.45) is 0 Å². The summed E-state index contributed by atoms with van der Waals surface area (Å²) in [5, 5.41) is 1.10. The summed E-state index contributed by atoms with van der Waals surface area (Å²) in [6.45, 7) is 1.85. The highest BCUT2D eigenvalue weighted by Gasteiger charge is 2.13. The SMILES string of the molecule is Cc1ccc(Cl)c2c(Cl)nc(-c3cc(F)cc(F)c3)nc12. The number of nitrogens with zero attached hydrogens (tertiary/aromatic N) is 2. The van der Waals surface area contributed by atoms with Gasteiger partial charge in [-0.05, 0) is 30.7 Å². The molecule has 2 aromatic carbocycles. The zero-order valence-corrected chi connectivity index (χ0v) is 12.3. The maximum Gasteiger partial charge on any atom is 0.161 e. The molecule has 1 heterocycles. The lowest BCUT2D eigenvalue weighted by molar-refractivity contribution is 0.584. The summed E-state index contributed by atoms with van der Waals surface area (Å²) in [5.41, 5.74) is 1.62. The van der Waals surface area contributed by atoms with Gasteiger partial charge in [0, 0.05) is 11.6 Å². The van der Waals surface area contributed by atoms with Gasteiger partial charge in [0.25, 0.3) is 0 Å². The van der Waals surface area contributed by atoms with Gasteiger partial charge in [-0.1, -0.05) is 29.3 Å².